The minimum absolute atomic E-state index is 0.200. The van der Waals surface area contributed by atoms with E-state index in [4.69, 9.17) is 23.2 Å². The number of carbonyl (C=O) groups is 4. The summed E-state index contributed by atoms with van der Waals surface area (Å²) in [6.07, 6.45) is 0.682. The van der Waals surface area contributed by atoms with Gasteiger partial charge >= 0.3 is 0 Å². The first-order chi connectivity index (χ1) is 36.2. The zero-order valence-corrected chi connectivity index (χ0v) is 42.8. The van der Waals surface area contributed by atoms with Crippen molar-refractivity contribution < 1.29 is 24.3 Å². The van der Waals surface area contributed by atoms with E-state index in [1.807, 2.05) is 60.7 Å². The molecule has 0 bridgehead atoms. The van der Waals surface area contributed by atoms with Gasteiger partial charge in [0.2, 0.25) is 0 Å². The number of hydrogen-bond donors (Lipinski definition) is 2. The van der Waals surface area contributed by atoms with E-state index in [1.54, 1.807) is 48.5 Å². The minimum atomic E-state index is -0.459. The number of nitrogens with zero attached hydrogens (tertiary/aromatic N) is 1. The van der Waals surface area contributed by atoms with Gasteiger partial charge in [-0.25, -0.2) is 0 Å². The molecular formula is C64H53Cl2N2O5P. The number of fused-ring (bicyclic) bond motifs is 2. The zero-order chi connectivity index (χ0) is 51.7. The summed E-state index contributed by atoms with van der Waals surface area (Å²) < 4.78 is 0. The standard InChI is InChI=1S/C23H18ClNO2.C18H15P.C15H15ClO.C8H5NO2/c24-15-19(25-22(26)20-8-4-5-9-21(20)23(25)27)14-16-10-12-18(13-11-16)17-6-2-1-3-7-17;1-4-10-16(11-5-1)19(17-12-6-2-7-13-17)18-14-8-3-9-15-18;16-11-15(17)10-12-6-8-14(9-7-12)13-4-2-1-3-5-13;10-7-5-3-1-2-4-6(5)8(11)9-7/h1-13,19H,14-15H2;1-15H;1-9,15,17H,10-11H2;1-4H,(H,9,10,11)/t19-;;15-;/m1.0./s1. The van der Waals surface area contributed by atoms with Crippen LogP contribution in [-0.4, -0.2) is 57.5 Å². The average Bonchev–Trinajstić information content (AvgIpc) is 3.90. The summed E-state index contributed by atoms with van der Waals surface area (Å²) in [5.74, 6) is -0.646. The van der Waals surface area contributed by atoms with Crippen molar-refractivity contribution in [2.24, 2.45) is 0 Å². The highest BCUT2D eigenvalue weighted by molar-refractivity contribution is 7.79. The predicted octanol–water partition coefficient (Wildman–Crippen LogP) is 12.3. The molecule has 0 radical (unpaired) electrons. The Morgan fingerprint density at radius 1 is 0.378 bits per heavy atom. The van der Waals surface area contributed by atoms with Gasteiger partial charge in [0.05, 0.1) is 34.4 Å². The maximum absolute atomic E-state index is 12.7. The van der Waals surface area contributed by atoms with E-state index in [9.17, 15) is 24.3 Å². The van der Waals surface area contributed by atoms with E-state index >= 15 is 0 Å². The van der Waals surface area contributed by atoms with Crippen LogP contribution >= 0.6 is 31.1 Å². The Hall–Kier alpha value is -7.77. The Balaban J connectivity index is 0.000000137. The van der Waals surface area contributed by atoms with Crippen molar-refractivity contribution >= 4 is 70.7 Å². The van der Waals surface area contributed by atoms with Crippen molar-refractivity contribution in [3.05, 3.63) is 282 Å². The third-order valence-corrected chi connectivity index (χ3v) is 15.5. The van der Waals surface area contributed by atoms with Crippen molar-refractivity contribution in [1.29, 1.82) is 0 Å². The average molecular weight is 1030 g/mol. The molecule has 2 heterocycles. The number of amides is 4. The highest BCUT2D eigenvalue weighted by Crippen LogP contribution is 2.32. The first-order valence-electron chi connectivity index (χ1n) is 24.2. The number of carbonyl (C=O) groups excluding carboxylic acids is 4. The fourth-order valence-electron chi connectivity index (χ4n) is 8.58. The smallest absolute Gasteiger partial charge is 0.261 e. The molecule has 0 saturated carbocycles. The lowest BCUT2D eigenvalue weighted by atomic mass is 10.0. The van der Waals surface area contributed by atoms with Gasteiger partial charge in [-0.1, -0.05) is 224 Å². The first kappa shape index (κ1) is 52.5. The molecule has 0 fully saturated rings. The maximum atomic E-state index is 12.7. The number of aliphatic hydroxyl groups is 1. The molecule has 2 aliphatic rings. The monoisotopic (exact) mass is 1030 g/mol. The highest BCUT2D eigenvalue weighted by Gasteiger charge is 2.39. The summed E-state index contributed by atoms with van der Waals surface area (Å²) in [7, 11) is -0.446. The second-order valence-electron chi connectivity index (χ2n) is 17.3. The summed E-state index contributed by atoms with van der Waals surface area (Å²) in [4.78, 5) is 48.6. The fraction of sp³-hybridized carbons (Fsp3) is 0.0938. The molecule has 368 valence electrons. The van der Waals surface area contributed by atoms with E-state index in [0.29, 0.717) is 35.1 Å². The third kappa shape index (κ3) is 13.4. The molecule has 7 nitrogen and oxygen atoms in total. The molecule has 10 heteroatoms. The molecule has 9 aromatic carbocycles. The number of imide groups is 2. The van der Waals surface area contributed by atoms with Crippen LogP contribution in [0, 0.1) is 0 Å². The Labute approximate surface area is 443 Å². The van der Waals surface area contributed by atoms with E-state index in [-0.39, 0.29) is 41.4 Å². The number of rotatable bonds is 12. The molecule has 11 rings (SSSR count). The van der Waals surface area contributed by atoms with Crippen LogP contribution in [0.25, 0.3) is 22.3 Å². The number of halogens is 2. The molecule has 2 N–H and O–H groups in total. The molecule has 0 aliphatic carbocycles. The van der Waals surface area contributed by atoms with Crippen molar-refractivity contribution in [2.45, 2.75) is 25.0 Å². The van der Waals surface area contributed by atoms with Gasteiger partial charge in [0, 0.05) is 11.8 Å². The molecule has 2 atom stereocenters. The van der Waals surface area contributed by atoms with Crippen molar-refractivity contribution in [3.8, 4) is 22.3 Å². The van der Waals surface area contributed by atoms with E-state index in [0.717, 1.165) is 22.3 Å². The first-order valence-corrected chi connectivity index (χ1v) is 26.6. The minimum Gasteiger partial charge on any atom is -0.392 e. The molecule has 0 saturated heterocycles. The van der Waals surface area contributed by atoms with Crippen molar-refractivity contribution in [2.75, 3.05) is 11.8 Å². The molecule has 0 aromatic heterocycles. The Morgan fingerprint density at radius 2 is 0.689 bits per heavy atom. The largest absolute Gasteiger partial charge is 0.392 e. The second kappa shape index (κ2) is 26.3. The second-order valence-corrected chi connectivity index (χ2v) is 20.2. The fourth-order valence-corrected chi connectivity index (χ4v) is 11.2. The quantitative estimate of drug-likeness (QED) is 0.0721. The van der Waals surface area contributed by atoms with Gasteiger partial charge in [0.25, 0.3) is 23.6 Å². The van der Waals surface area contributed by atoms with Crippen LogP contribution in [0.1, 0.15) is 52.6 Å². The molecule has 74 heavy (non-hydrogen) atoms. The normalized spacial score (nSPS) is 12.9. The van der Waals surface area contributed by atoms with Crippen LogP contribution in [-0.2, 0) is 12.8 Å². The third-order valence-electron chi connectivity index (χ3n) is 12.3. The van der Waals surface area contributed by atoms with E-state index in [2.05, 4.69) is 145 Å². The van der Waals surface area contributed by atoms with Gasteiger partial charge in [-0.3, -0.25) is 29.4 Å². The van der Waals surface area contributed by atoms with Gasteiger partial charge in [-0.05, 0) is 94.3 Å². The SMILES string of the molecule is O=C1NC(=O)c2ccccc21.O=C1c2ccccc2C(=O)N1[C@@H](CCl)Cc1ccc(-c2ccccc2)cc1.O[C@H](CCl)Cc1ccc(-c2ccccc2)cc1.c1ccc(P(c2ccccc2)c2ccccc2)cc1. The number of nitrogens with one attached hydrogen (secondary N) is 1. The lowest BCUT2D eigenvalue weighted by Crippen LogP contribution is -2.42. The maximum Gasteiger partial charge on any atom is 0.261 e. The van der Waals surface area contributed by atoms with E-state index in [1.165, 1.54) is 31.9 Å². The molecule has 0 unspecified atom stereocenters. The topological polar surface area (TPSA) is 104 Å². The van der Waals surface area contributed by atoms with Crippen LogP contribution in [0.4, 0.5) is 0 Å². The summed E-state index contributed by atoms with van der Waals surface area (Å²) in [6.45, 7) is 0. The Kier molecular flexibility index (Phi) is 18.6. The number of hydrogen-bond acceptors (Lipinski definition) is 5. The van der Waals surface area contributed by atoms with Crippen LogP contribution in [0.5, 0.6) is 0 Å². The molecule has 4 amide bonds. The molecular weight excluding hydrogens is 979 g/mol. The number of aliphatic hydroxyl groups excluding tert-OH is 1. The summed E-state index contributed by atoms with van der Waals surface area (Å²) in [5.41, 5.74) is 8.67. The van der Waals surface area contributed by atoms with Crippen molar-refractivity contribution in [1.82, 2.24) is 10.2 Å². The van der Waals surface area contributed by atoms with Gasteiger partial charge in [0.15, 0.2) is 0 Å². The Bertz CT molecular complexity index is 3100. The van der Waals surface area contributed by atoms with Crippen LogP contribution in [0.2, 0.25) is 0 Å². The van der Waals surface area contributed by atoms with Gasteiger partial charge in [0.1, 0.15) is 0 Å². The summed E-state index contributed by atoms with van der Waals surface area (Å²) >= 11 is 11.7. The number of benzene rings is 9. The number of alkyl halides is 2. The Morgan fingerprint density at radius 3 is 1.04 bits per heavy atom. The van der Waals surface area contributed by atoms with Gasteiger partial charge < -0.3 is 5.11 Å². The lowest BCUT2D eigenvalue weighted by Gasteiger charge is -2.24. The van der Waals surface area contributed by atoms with Crippen molar-refractivity contribution in [3.63, 3.8) is 0 Å². The van der Waals surface area contributed by atoms with Crippen LogP contribution in [0.15, 0.2) is 249 Å². The van der Waals surface area contributed by atoms with Gasteiger partial charge in [-0.2, -0.15) is 0 Å². The van der Waals surface area contributed by atoms with E-state index < -0.39 is 14.0 Å². The summed E-state index contributed by atoms with van der Waals surface area (Å²) in [6, 6.07) is 82.4. The lowest BCUT2D eigenvalue weighted by molar-refractivity contribution is 0.0597. The zero-order valence-electron chi connectivity index (χ0n) is 40.4. The van der Waals surface area contributed by atoms with Gasteiger partial charge in [-0.15, -0.1) is 23.2 Å². The summed E-state index contributed by atoms with van der Waals surface area (Å²) in [5, 5.41) is 15.9. The van der Waals surface area contributed by atoms with Crippen LogP contribution in [0.3, 0.4) is 0 Å². The van der Waals surface area contributed by atoms with Crippen LogP contribution < -0.4 is 21.2 Å². The predicted molar refractivity (Wildman–Crippen MR) is 303 cm³/mol. The molecule has 9 aromatic rings. The molecule has 2 aliphatic heterocycles. The highest BCUT2D eigenvalue weighted by atomic mass is 35.5. The molecule has 0 spiro atoms.